The van der Waals surface area contributed by atoms with Gasteiger partial charge in [-0.1, -0.05) is 12.1 Å². The van der Waals surface area contributed by atoms with Crippen molar-refractivity contribution in [3.63, 3.8) is 0 Å². The predicted octanol–water partition coefficient (Wildman–Crippen LogP) is 2.37. The number of hydrogen-bond donors (Lipinski definition) is 0. The lowest BCUT2D eigenvalue weighted by atomic mass is 10.2. The van der Waals surface area contributed by atoms with Crippen LogP contribution in [0.5, 0.6) is 5.75 Å². The summed E-state index contributed by atoms with van der Waals surface area (Å²) in [6.07, 6.45) is 0. The summed E-state index contributed by atoms with van der Waals surface area (Å²) in [7, 11) is 0. The van der Waals surface area contributed by atoms with Crippen molar-refractivity contribution in [3.8, 4) is 5.75 Å². The van der Waals surface area contributed by atoms with E-state index >= 15 is 0 Å². The molecular weight excluding hydrogens is 236 g/mol. The van der Waals surface area contributed by atoms with Crippen LogP contribution in [0.4, 0.5) is 0 Å². The molecule has 0 saturated heterocycles. The lowest BCUT2D eigenvalue weighted by molar-refractivity contribution is -0.218. The average Bonchev–Trinajstić information content (AvgIpc) is 2.39. The highest BCUT2D eigenvalue weighted by Crippen LogP contribution is 2.18. The van der Waals surface area contributed by atoms with Crippen molar-refractivity contribution in [2.24, 2.45) is 0 Å². The van der Waals surface area contributed by atoms with E-state index in [1.807, 2.05) is 13.8 Å². The lowest BCUT2D eigenvalue weighted by Gasteiger charge is -2.08. The molecule has 1 aromatic carbocycles. The van der Waals surface area contributed by atoms with Gasteiger partial charge in [-0.05, 0) is 26.0 Å². The summed E-state index contributed by atoms with van der Waals surface area (Å²) in [6, 6.07) is 6.82. The van der Waals surface area contributed by atoms with Gasteiger partial charge in [0.2, 0.25) is 0 Å². The van der Waals surface area contributed by atoms with Gasteiger partial charge in [0.05, 0.1) is 13.2 Å². The number of carbonyl (C=O) groups excluding carboxylic acids is 1. The van der Waals surface area contributed by atoms with Crippen LogP contribution >= 0.6 is 0 Å². The molecule has 0 heterocycles. The number of carbonyl (C=O) groups is 1. The first-order chi connectivity index (χ1) is 8.79. The molecule has 0 unspecified atom stereocenters. The normalized spacial score (nSPS) is 10.1. The minimum absolute atomic E-state index is 0.261. The standard InChI is InChI=1S/C13H17O5/c1-3-15-9-10-17-18-13(14)11-7-5-6-8-12(11)16-4-2/h5-8,10H,3-4,9H2,1-2H3. The van der Waals surface area contributed by atoms with Crippen molar-refractivity contribution < 1.29 is 24.0 Å². The van der Waals surface area contributed by atoms with Crippen LogP contribution in [0.2, 0.25) is 0 Å². The maximum absolute atomic E-state index is 11.7. The fourth-order valence-electron chi connectivity index (χ4n) is 1.23. The van der Waals surface area contributed by atoms with Gasteiger partial charge in [-0.2, -0.15) is 4.89 Å². The van der Waals surface area contributed by atoms with Crippen molar-refractivity contribution in [3.05, 3.63) is 36.4 Å². The van der Waals surface area contributed by atoms with Crippen molar-refractivity contribution in [2.75, 3.05) is 19.8 Å². The quantitative estimate of drug-likeness (QED) is 0.404. The molecule has 5 heteroatoms. The summed E-state index contributed by atoms with van der Waals surface area (Å²) < 4.78 is 10.3. The molecule has 18 heavy (non-hydrogen) atoms. The molecule has 0 fully saturated rings. The van der Waals surface area contributed by atoms with Crippen molar-refractivity contribution in [1.29, 1.82) is 0 Å². The molecule has 0 saturated carbocycles. The van der Waals surface area contributed by atoms with Crippen molar-refractivity contribution in [1.82, 2.24) is 0 Å². The van der Waals surface area contributed by atoms with Gasteiger partial charge >= 0.3 is 5.97 Å². The fourth-order valence-corrected chi connectivity index (χ4v) is 1.23. The highest BCUT2D eigenvalue weighted by atomic mass is 17.2. The van der Waals surface area contributed by atoms with Crippen LogP contribution in [-0.4, -0.2) is 25.8 Å². The van der Waals surface area contributed by atoms with E-state index in [-0.39, 0.29) is 6.61 Å². The lowest BCUT2D eigenvalue weighted by Crippen LogP contribution is -2.09. The Morgan fingerprint density at radius 1 is 1.22 bits per heavy atom. The molecule has 1 aromatic rings. The molecule has 0 aliphatic carbocycles. The molecule has 0 aliphatic heterocycles. The molecule has 0 N–H and O–H groups in total. The Balaban J connectivity index is 2.45. The number of para-hydroxylation sites is 1. The smallest absolute Gasteiger partial charge is 0.376 e. The Kier molecular flexibility index (Phi) is 6.83. The van der Waals surface area contributed by atoms with Crippen LogP contribution in [0.15, 0.2) is 24.3 Å². The molecular formula is C13H17O5. The van der Waals surface area contributed by atoms with E-state index in [0.29, 0.717) is 24.5 Å². The Morgan fingerprint density at radius 2 is 2.00 bits per heavy atom. The van der Waals surface area contributed by atoms with Gasteiger partial charge in [0.1, 0.15) is 11.3 Å². The highest BCUT2D eigenvalue weighted by Gasteiger charge is 2.14. The molecule has 5 nitrogen and oxygen atoms in total. The Hall–Kier alpha value is -1.59. The number of hydrogen-bond acceptors (Lipinski definition) is 5. The van der Waals surface area contributed by atoms with Crippen molar-refractivity contribution in [2.45, 2.75) is 13.8 Å². The number of rotatable bonds is 8. The average molecular weight is 253 g/mol. The first-order valence-electron chi connectivity index (χ1n) is 5.78. The van der Waals surface area contributed by atoms with E-state index in [0.717, 1.165) is 0 Å². The zero-order valence-electron chi connectivity index (χ0n) is 10.5. The van der Waals surface area contributed by atoms with E-state index in [4.69, 9.17) is 9.47 Å². The van der Waals surface area contributed by atoms with Gasteiger partial charge < -0.3 is 9.47 Å². The Labute approximate surface area is 107 Å². The van der Waals surface area contributed by atoms with Crippen molar-refractivity contribution >= 4 is 5.97 Å². The zero-order chi connectivity index (χ0) is 13.2. The SMILES string of the molecule is CCOC[CH]OOC(=O)c1ccccc1OCC. The van der Waals surface area contributed by atoms with Gasteiger partial charge in [0.25, 0.3) is 0 Å². The summed E-state index contributed by atoms with van der Waals surface area (Å²) in [5, 5.41) is 0. The van der Waals surface area contributed by atoms with E-state index in [1.165, 1.54) is 6.61 Å². The first kappa shape index (κ1) is 14.5. The van der Waals surface area contributed by atoms with E-state index in [1.54, 1.807) is 24.3 Å². The third-order valence-corrected chi connectivity index (χ3v) is 1.99. The maximum atomic E-state index is 11.7. The van der Waals surface area contributed by atoms with Crippen LogP contribution in [0.25, 0.3) is 0 Å². The minimum atomic E-state index is -0.605. The third kappa shape index (κ3) is 4.73. The summed E-state index contributed by atoms with van der Waals surface area (Å²) in [4.78, 5) is 20.9. The second kappa shape index (κ2) is 8.49. The molecule has 0 bridgehead atoms. The molecule has 0 aliphatic rings. The predicted molar refractivity (Wildman–Crippen MR) is 64.9 cm³/mol. The van der Waals surface area contributed by atoms with E-state index < -0.39 is 5.97 Å². The largest absolute Gasteiger partial charge is 0.493 e. The fraction of sp³-hybridized carbons (Fsp3) is 0.385. The second-order valence-electron chi connectivity index (χ2n) is 3.22. The molecule has 1 radical (unpaired) electrons. The third-order valence-electron chi connectivity index (χ3n) is 1.99. The van der Waals surface area contributed by atoms with E-state index in [9.17, 15) is 4.79 Å². The maximum Gasteiger partial charge on any atom is 0.376 e. The molecule has 0 atom stereocenters. The summed E-state index contributed by atoms with van der Waals surface area (Å²) >= 11 is 0. The van der Waals surface area contributed by atoms with Crippen LogP contribution in [0.3, 0.4) is 0 Å². The van der Waals surface area contributed by atoms with E-state index in [2.05, 4.69) is 9.78 Å². The van der Waals surface area contributed by atoms with Crippen LogP contribution < -0.4 is 4.74 Å². The topological polar surface area (TPSA) is 54.0 Å². The minimum Gasteiger partial charge on any atom is -0.493 e. The first-order valence-corrected chi connectivity index (χ1v) is 5.78. The molecule has 0 spiro atoms. The van der Waals surface area contributed by atoms with Gasteiger partial charge in [0.15, 0.2) is 6.61 Å². The van der Waals surface area contributed by atoms with Gasteiger partial charge in [0, 0.05) is 6.61 Å². The van der Waals surface area contributed by atoms with Gasteiger partial charge in [-0.25, -0.2) is 4.79 Å². The van der Waals surface area contributed by atoms with Gasteiger partial charge in [-0.3, -0.25) is 4.89 Å². The number of ether oxygens (including phenoxy) is 2. The molecule has 1 rings (SSSR count). The van der Waals surface area contributed by atoms with Crippen LogP contribution in [0.1, 0.15) is 24.2 Å². The molecule has 0 aromatic heterocycles. The zero-order valence-corrected chi connectivity index (χ0v) is 10.5. The summed E-state index contributed by atoms with van der Waals surface area (Å²) in [6.45, 7) is 6.27. The summed E-state index contributed by atoms with van der Waals surface area (Å²) in [5.41, 5.74) is 0.323. The monoisotopic (exact) mass is 253 g/mol. The van der Waals surface area contributed by atoms with Crippen LogP contribution in [0, 0.1) is 6.61 Å². The second-order valence-corrected chi connectivity index (χ2v) is 3.22. The number of benzene rings is 1. The highest BCUT2D eigenvalue weighted by molar-refractivity contribution is 5.92. The Morgan fingerprint density at radius 3 is 2.72 bits per heavy atom. The molecule has 0 amide bonds. The Bertz CT molecular complexity index is 364. The summed E-state index contributed by atoms with van der Waals surface area (Å²) in [5.74, 6) is -0.134. The van der Waals surface area contributed by atoms with Gasteiger partial charge in [-0.15, -0.1) is 0 Å². The molecule has 99 valence electrons. The van der Waals surface area contributed by atoms with Crippen LogP contribution in [-0.2, 0) is 14.5 Å².